The first-order valence-corrected chi connectivity index (χ1v) is 11.0. The Morgan fingerprint density at radius 1 is 1.11 bits per heavy atom. The van der Waals surface area contributed by atoms with E-state index in [1.165, 1.54) is 22.7 Å². The number of nitrogens with one attached hydrogen (secondary N) is 1. The molecule has 2 aromatic rings. The van der Waals surface area contributed by atoms with Crippen LogP contribution in [0.1, 0.15) is 51.9 Å². The Morgan fingerprint density at radius 3 is 2.25 bits per heavy atom. The Hall–Kier alpha value is -2.32. The van der Waals surface area contributed by atoms with Crippen LogP contribution in [0.2, 0.25) is 0 Å². The molecule has 0 aliphatic carbocycles. The molecule has 0 saturated heterocycles. The fraction of sp³-hybridized carbons (Fsp3) is 0.450. The van der Waals surface area contributed by atoms with Crippen molar-refractivity contribution in [2.75, 3.05) is 18.4 Å². The number of ether oxygens (including phenoxy) is 1. The van der Waals surface area contributed by atoms with Crippen molar-refractivity contribution in [3.05, 3.63) is 48.4 Å². The molecule has 8 heteroatoms. The van der Waals surface area contributed by atoms with Gasteiger partial charge in [0.05, 0.1) is 11.2 Å². The molecular formula is C20H28N2O5S. The summed E-state index contributed by atoms with van der Waals surface area (Å²) < 4.78 is 37.7. The third-order valence-electron chi connectivity index (χ3n) is 4.17. The molecule has 1 amide bonds. The van der Waals surface area contributed by atoms with Crippen LogP contribution >= 0.6 is 0 Å². The Balaban J connectivity index is 2.04. The van der Waals surface area contributed by atoms with Crippen molar-refractivity contribution in [3.8, 4) is 0 Å². The van der Waals surface area contributed by atoms with Gasteiger partial charge in [0.25, 0.3) is 0 Å². The molecule has 1 unspecified atom stereocenters. The number of anilines is 1. The van der Waals surface area contributed by atoms with Crippen LogP contribution in [-0.2, 0) is 14.8 Å². The fourth-order valence-electron chi connectivity index (χ4n) is 2.80. The standard InChI is InChI=1S/C20H28N2O5S/c1-4-13-22(14-5-2)28(24,25)17-11-9-16(10-12-17)21-20(23)27-18(6-3)19-8-7-15-26-19/h7-12,15,18H,4-6,13-14H2,1-3H3,(H,21,23). The summed E-state index contributed by atoms with van der Waals surface area (Å²) in [5, 5.41) is 2.62. The van der Waals surface area contributed by atoms with Crippen molar-refractivity contribution in [1.29, 1.82) is 0 Å². The lowest BCUT2D eigenvalue weighted by molar-refractivity contribution is 0.0943. The number of amides is 1. The Kier molecular flexibility index (Phi) is 8.07. The van der Waals surface area contributed by atoms with Crippen LogP contribution in [0.25, 0.3) is 0 Å². The normalized spacial score (nSPS) is 12.7. The molecule has 1 aromatic heterocycles. The van der Waals surface area contributed by atoms with E-state index in [1.807, 2.05) is 20.8 Å². The number of sulfonamides is 1. The summed E-state index contributed by atoms with van der Waals surface area (Å²) in [6.45, 7) is 6.74. The minimum Gasteiger partial charge on any atom is -0.465 e. The monoisotopic (exact) mass is 408 g/mol. The van der Waals surface area contributed by atoms with Crippen LogP contribution in [0.3, 0.4) is 0 Å². The van der Waals surface area contributed by atoms with Crippen molar-refractivity contribution in [3.63, 3.8) is 0 Å². The molecule has 154 valence electrons. The second kappa shape index (κ2) is 10.3. The highest BCUT2D eigenvalue weighted by molar-refractivity contribution is 7.89. The molecule has 7 nitrogen and oxygen atoms in total. The van der Waals surface area contributed by atoms with Crippen molar-refractivity contribution in [2.45, 2.75) is 51.0 Å². The predicted molar refractivity (Wildman–Crippen MR) is 108 cm³/mol. The summed E-state index contributed by atoms with van der Waals surface area (Å²) in [4.78, 5) is 12.3. The van der Waals surface area contributed by atoms with Gasteiger partial charge in [-0.05, 0) is 55.7 Å². The van der Waals surface area contributed by atoms with Crippen molar-refractivity contribution >= 4 is 21.8 Å². The molecular weight excluding hydrogens is 380 g/mol. The first kappa shape index (κ1) is 22.0. The molecule has 1 aromatic carbocycles. The van der Waals surface area contributed by atoms with Gasteiger partial charge in [0.15, 0.2) is 6.10 Å². The van der Waals surface area contributed by atoms with E-state index in [0.717, 1.165) is 12.8 Å². The Labute approximate surface area is 166 Å². The van der Waals surface area contributed by atoms with E-state index < -0.39 is 22.2 Å². The van der Waals surface area contributed by atoms with Gasteiger partial charge in [-0.1, -0.05) is 20.8 Å². The largest absolute Gasteiger partial charge is 0.465 e. The molecule has 1 atom stereocenters. The molecule has 28 heavy (non-hydrogen) atoms. The van der Waals surface area contributed by atoms with Crippen LogP contribution in [0, 0.1) is 0 Å². The number of carbonyl (C=O) groups is 1. The van der Waals surface area contributed by atoms with E-state index in [-0.39, 0.29) is 4.90 Å². The number of carbonyl (C=O) groups excluding carboxylic acids is 1. The zero-order chi connectivity index (χ0) is 20.6. The van der Waals surface area contributed by atoms with E-state index in [9.17, 15) is 13.2 Å². The van der Waals surface area contributed by atoms with Gasteiger partial charge >= 0.3 is 6.09 Å². The second-order valence-electron chi connectivity index (χ2n) is 6.37. The van der Waals surface area contributed by atoms with Crippen molar-refractivity contribution in [2.24, 2.45) is 0 Å². The highest BCUT2D eigenvalue weighted by atomic mass is 32.2. The predicted octanol–water partition coefficient (Wildman–Crippen LogP) is 4.79. The van der Waals surface area contributed by atoms with E-state index in [0.29, 0.717) is 31.0 Å². The second-order valence-corrected chi connectivity index (χ2v) is 8.31. The van der Waals surface area contributed by atoms with E-state index in [2.05, 4.69) is 5.32 Å². The van der Waals surface area contributed by atoms with Gasteiger partial charge in [0, 0.05) is 18.8 Å². The van der Waals surface area contributed by atoms with E-state index in [1.54, 1.807) is 24.3 Å². The minimum absolute atomic E-state index is 0.204. The van der Waals surface area contributed by atoms with Crippen molar-refractivity contribution < 1.29 is 22.4 Å². The highest BCUT2D eigenvalue weighted by Crippen LogP contribution is 2.23. The lowest BCUT2D eigenvalue weighted by Gasteiger charge is -2.21. The average molecular weight is 409 g/mol. The molecule has 0 aliphatic rings. The molecule has 0 spiro atoms. The average Bonchev–Trinajstić information content (AvgIpc) is 3.21. The fourth-order valence-corrected chi connectivity index (χ4v) is 4.43. The number of hydrogen-bond acceptors (Lipinski definition) is 5. The topological polar surface area (TPSA) is 88.9 Å². The number of benzene rings is 1. The summed E-state index contributed by atoms with van der Waals surface area (Å²) in [5.74, 6) is 0.575. The van der Waals surface area contributed by atoms with Gasteiger partial charge in [0.1, 0.15) is 5.76 Å². The maximum absolute atomic E-state index is 12.8. The maximum atomic E-state index is 12.8. The van der Waals surface area contributed by atoms with Gasteiger partial charge < -0.3 is 9.15 Å². The first-order valence-electron chi connectivity index (χ1n) is 9.53. The van der Waals surface area contributed by atoms with Crippen LogP contribution in [-0.4, -0.2) is 31.9 Å². The van der Waals surface area contributed by atoms with E-state index in [4.69, 9.17) is 9.15 Å². The van der Waals surface area contributed by atoms with Gasteiger partial charge in [-0.25, -0.2) is 13.2 Å². The van der Waals surface area contributed by atoms with Gasteiger partial charge in [-0.2, -0.15) is 4.31 Å². The number of nitrogens with zero attached hydrogens (tertiary/aromatic N) is 1. The smallest absolute Gasteiger partial charge is 0.412 e. The van der Waals surface area contributed by atoms with Gasteiger partial charge in [-0.15, -0.1) is 0 Å². The third-order valence-corrected chi connectivity index (χ3v) is 6.08. The van der Waals surface area contributed by atoms with E-state index >= 15 is 0 Å². The molecule has 0 saturated carbocycles. The first-order chi connectivity index (χ1) is 13.4. The number of furan rings is 1. The molecule has 0 bridgehead atoms. The summed E-state index contributed by atoms with van der Waals surface area (Å²) in [5.41, 5.74) is 0.454. The quantitative estimate of drug-likeness (QED) is 0.610. The third kappa shape index (κ3) is 5.59. The maximum Gasteiger partial charge on any atom is 0.412 e. The number of hydrogen-bond donors (Lipinski definition) is 1. The van der Waals surface area contributed by atoms with Gasteiger partial charge in [-0.3, -0.25) is 5.32 Å². The lowest BCUT2D eigenvalue weighted by atomic mass is 10.2. The highest BCUT2D eigenvalue weighted by Gasteiger charge is 2.23. The SMILES string of the molecule is CCCN(CCC)S(=O)(=O)c1ccc(NC(=O)OC(CC)c2ccco2)cc1. The minimum atomic E-state index is -3.55. The Bertz CT molecular complexity index is 826. The molecule has 0 aliphatic heterocycles. The van der Waals surface area contributed by atoms with Crippen LogP contribution in [0.5, 0.6) is 0 Å². The Morgan fingerprint density at radius 2 is 1.75 bits per heavy atom. The molecule has 1 heterocycles. The lowest BCUT2D eigenvalue weighted by Crippen LogP contribution is -2.32. The number of rotatable bonds is 10. The molecule has 0 fully saturated rings. The summed E-state index contributed by atoms with van der Waals surface area (Å²) in [6, 6.07) is 9.58. The zero-order valence-corrected chi connectivity index (χ0v) is 17.4. The van der Waals surface area contributed by atoms with Gasteiger partial charge in [0.2, 0.25) is 10.0 Å². The molecule has 0 radical (unpaired) electrons. The van der Waals surface area contributed by atoms with Crippen LogP contribution in [0.15, 0.2) is 52.0 Å². The van der Waals surface area contributed by atoms with Crippen molar-refractivity contribution in [1.82, 2.24) is 4.31 Å². The summed E-state index contributed by atoms with van der Waals surface area (Å²) in [7, 11) is -3.55. The summed E-state index contributed by atoms with van der Waals surface area (Å²) >= 11 is 0. The molecule has 1 N–H and O–H groups in total. The van der Waals surface area contributed by atoms with Crippen LogP contribution in [0.4, 0.5) is 10.5 Å². The summed E-state index contributed by atoms with van der Waals surface area (Å²) in [6.07, 6.45) is 2.49. The zero-order valence-electron chi connectivity index (χ0n) is 16.6. The molecule has 2 rings (SSSR count). The van der Waals surface area contributed by atoms with Crippen LogP contribution < -0.4 is 5.32 Å².